The van der Waals surface area contributed by atoms with E-state index in [0.29, 0.717) is 37.2 Å². The van der Waals surface area contributed by atoms with Gasteiger partial charge in [-0.2, -0.15) is 0 Å². The fourth-order valence-corrected chi connectivity index (χ4v) is 2.86. The lowest BCUT2D eigenvalue weighted by Crippen LogP contribution is -2.38. The maximum atomic E-state index is 12.6. The van der Waals surface area contributed by atoms with E-state index in [1.807, 2.05) is 0 Å². The van der Waals surface area contributed by atoms with E-state index >= 15 is 0 Å². The third-order valence-corrected chi connectivity index (χ3v) is 4.20. The van der Waals surface area contributed by atoms with E-state index in [2.05, 4.69) is 15.3 Å². The van der Waals surface area contributed by atoms with Crippen LogP contribution in [0.5, 0.6) is 0 Å². The molecule has 1 amide bonds. The van der Waals surface area contributed by atoms with Crippen molar-refractivity contribution >= 4 is 5.91 Å². The van der Waals surface area contributed by atoms with Crippen LogP contribution in [0.1, 0.15) is 36.2 Å². The molecular weight excluding hydrogens is 302 g/mol. The van der Waals surface area contributed by atoms with E-state index in [4.69, 9.17) is 0 Å². The van der Waals surface area contributed by atoms with E-state index in [0.717, 1.165) is 0 Å². The molecule has 7 heteroatoms. The van der Waals surface area contributed by atoms with Gasteiger partial charge in [0.05, 0.1) is 0 Å². The first-order valence-electron chi connectivity index (χ1n) is 7.68. The van der Waals surface area contributed by atoms with Gasteiger partial charge in [0, 0.05) is 24.4 Å². The molecule has 0 bridgehead atoms. The van der Waals surface area contributed by atoms with Crippen LogP contribution in [0.3, 0.4) is 0 Å². The predicted molar refractivity (Wildman–Crippen MR) is 80.6 cm³/mol. The zero-order chi connectivity index (χ0) is 16.2. The molecule has 2 heterocycles. The summed E-state index contributed by atoms with van der Waals surface area (Å²) in [6.45, 7) is 0. The average Bonchev–Trinajstić information content (AvgIpc) is 3.10. The van der Waals surface area contributed by atoms with Crippen molar-refractivity contribution in [1.82, 2.24) is 19.9 Å². The monoisotopic (exact) mass is 320 g/mol. The summed E-state index contributed by atoms with van der Waals surface area (Å²) in [6.07, 6.45) is 4.79. The second-order valence-electron chi connectivity index (χ2n) is 5.77. The summed E-state index contributed by atoms with van der Waals surface area (Å²) < 4.78 is 27.0. The molecule has 0 saturated heterocycles. The minimum atomic E-state index is -2.26. The van der Waals surface area contributed by atoms with Crippen molar-refractivity contribution in [3.05, 3.63) is 42.6 Å². The molecule has 0 aliphatic heterocycles. The first-order valence-corrected chi connectivity index (χ1v) is 7.68. The highest BCUT2D eigenvalue weighted by Gasteiger charge is 2.28. The number of carbonyl (C=O) groups is 1. The van der Waals surface area contributed by atoms with Crippen LogP contribution in [0.4, 0.5) is 8.78 Å². The number of hydrogen-bond acceptors (Lipinski definition) is 3. The van der Waals surface area contributed by atoms with Crippen LogP contribution in [0.15, 0.2) is 36.9 Å². The van der Waals surface area contributed by atoms with Gasteiger partial charge in [-0.05, 0) is 37.8 Å². The quantitative estimate of drug-likeness (QED) is 0.942. The summed E-state index contributed by atoms with van der Waals surface area (Å²) in [4.78, 5) is 20.6. The summed E-state index contributed by atoms with van der Waals surface area (Å²) >= 11 is 0. The lowest BCUT2D eigenvalue weighted by atomic mass is 9.86. The van der Waals surface area contributed by atoms with Crippen molar-refractivity contribution < 1.29 is 13.6 Å². The fourth-order valence-electron chi connectivity index (χ4n) is 2.86. The smallest absolute Gasteiger partial charge is 0.270 e. The third kappa shape index (κ3) is 3.72. The molecule has 1 aliphatic carbocycles. The third-order valence-electron chi connectivity index (χ3n) is 4.20. The topological polar surface area (TPSA) is 59.8 Å². The molecule has 2 aromatic heterocycles. The normalized spacial score (nSPS) is 21.3. The van der Waals surface area contributed by atoms with E-state index in [1.165, 1.54) is 0 Å². The molecule has 0 spiro atoms. The Balaban J connectivity index is 1.62. The standard InChI is InChI=1S/C16H18F2N4O/c17-15(18)11-4-6-12(7-5-11)20-16(23)13-2-1-3-14(21-13)22-9-8-19-10-22/h1-3,8-12,15H,4-7H2,(H,20,23). The molecule has 1 N–H and O–H groups in total. The second kappa shape index (κ2) is 6.85. The average molecular weight is 320 g/mol. The van der Waals surface area contributed by atoms with Gasteiger partial charge in [-0.25, -0.2) is 18.7 Å². The van der Waals surface area contributed by atoms with Gasteiger partial charge >= 0.3 is 0 Å². The van der Waals surface area contributed by atoms with Crippen molar-refractivity contribution in [3.8, 4) is 5.82 Å². The van der Waals surface area contributed by atoms with Crippen molar-refractivity contribution in [2.24, 2.45) is 5.92 Å². The van der Waals surface area contributed by atoms with E-state index in [9.17, 15) is 13.6 Å². The largest absolute Gasteiger partial charge is 0.348 e. The molecule has 1 aliphatic rings. The van der Waals surface area contributed by atoms with Crippen LogP contribution >= 0.6 is 0 Å². The maximum Gasteiger partial charge on any atom is 0.270 e. The summed E-state index contributed by atoms with van der Waals surface area (Å²) in [5, 5.41) is 2.90. The Morgan fingerprint density at radius 1 is 1.26 bits per heavy atom. The van der Waals surface area contributed by atoms with Gasteiger partial charge in [0.15, 0.2) is 0 Å². The fraction of sp³-hybridized carbons (Fsp3) is 0.438. The summed E-state index contributed by atoms with van der Waals surface area (Å²) in [5.41, 5.74) is 0.312. The molecule has 2 aromatic rings. The highest BCUT2D eigenvalue weighted by Crippen LogP contribution is 2.29. The lowest BCUT2D eigenvalue weighted by Gasteiger charge is -2.28. The molecule has 1 saturated carbocycles. The number of carbonyl (C=O) groups excluding carboxylic acids is 1. The SMILES string of the molecule is O=C(NC1CCC(C(F)F)CC1)c1cccc(-n2ccnc2)n1. The van der Waals surface area contributed by atoms with Crippen molar-refractivity contribution in [2.45, 2.75) is 38.2 Å². The summed E-state index contributed by atoms with van der Waals surface area (Å²) in [6, 6.07) is 5.12. The number of rotatable bonds is 4. The molecule has 122 valence electrons. The number of halogens is 2. The van der Waals surface area contributed by atoms with Crippen LogP contribution in [-0.4, -0.2) is 32.9 Å². The Labute approximate surface area is 132 Å². The zero-order valence-corrected chi connectivity index (χ0v) is 12.5. The number of aromatic nitrogens is 3. The Morgan fingerprint density at radius 2 is 2.04 bits per heavy atom. The molecular formula is C16H18F2N4O. The van der Waals surface area contributed by atoms with Gasteiger partial charge in [-0.3, -0.25) is 9.36 Å². The minimum Gasteiger partial charge on any atom is -0.348 e. The second-order valence-corrected chi connectivity index (χ2v) is 5.77. The Hall–Kier alpha value is -2.31. The van der Waals surface area contributed by atoms with Crippen molar-refractivity contribution in [3.63, 3.8) is 0 Å². The number of nitrogens with one attached hydrogen (secondary N) is 1. The van der Waals surface area contributed by atoms with Crippen molar-refractivity contribution in [1.29, 1.82) is 0 Å². The molecule has 0 atom stereocenters. The van der Waals surface area contributed by atoms with E-state index < -0.39 is 12.3 Å². The molecule has 3 rings (SSSR count). The van der Waals surface area contributed by atoms with Crippen LogP contribution in [0, 0.1) is 5.92 Å². The van der Waals surface area contributed by atoms with Crippen LogP contribution < -0.4 is 5.32 Å². The number of nitrogens with zero attached hydrogens (tertiary/aromatic N) is 3. The maximum absolute atomic E-state index is 12.6. The number of alkyl halides is 2. The Morgan fingerprint density at radius 3 is 2.70 bits per heavy atom. The lowest BCUT2D eigenvalue weighted by molar-refractivity contribution is 0.0499. The van der Waals surface area contributed by atoms with Crippen LogP contribution in [0.25, 0.3) is 5.82 Å². The Bertz CT molecular complexity index is 652. The molecule has 0 unspecified atom stereocenters. The van der Waals surface area contributed by atoms with Gasteiger partial charge in [-0.15, -0.1) is 0 Å². The van der Waals surface area contributed by atoms with E-state index in [1.54, 1.807) is 41.5 Å². The number of amides is 1. The number of hydrogen-bond donors (Lipinski definition) is 1. The first-order chi connectivity index (χ1) is 11.1. The van der Waals surface area contributed by atoms with Gasteiger partial charge in [0.2, 0.25) is 6.43 Å². The predicted octanol–water partition coefficient (Wildman–Crippen LogP) is 2.82. The molecule has 23 heavy (non-hydrogen) atoms. The highest BCUT2D eigenvalue weighted by molar-refractivity contribution is 5.92. The highest BCUT2D eigenvalue weighted by atomic mass is 19.3. The molecule has 0 radical (unpaired) electrons. The molecule has 1 fully saturated rings. The van der Waals surface area contributed by atoms with Gasteiger partial charge in [0.1, 0.15) is 17.8 Å². The van der Waals surface area contributed by atoms with Gasteiger partial charge in [-0.1, -0.05) is 6.07 Å². The van der Waals surface area contributed by atoms with Gasteiger partial charge in [0.25, 0.3) is 5.91 Å². The van der Waals surface area contributed by atoms with E-state index in [-0.39, 0.29) is 11.9 Å². The summed E-state index contributed by atoms with van der Waals surface area (Å²) in [5.74, 6) is -0.199. The molecule has 5 nitrogen and oxygen atoms in total. The van der Waals surface area contributed by atoms with Gasteiger partial charge < -0.3 is 5.32 Å². The van der Waals surface area contributed by atoms with Crippen molar-refractivity contribution in [2.75, 3.05) is 0 Å². The first kappa shape index (κ1) is 15.6. The van der Waals surface area contributed by atoms with Crippen LogP contribution in [-0.2, 0) is 0 Å². The minimum absolute atomic E-state index is 0.0591. The summed E-state index contributed by atoms with van der Waals surface area (Å²) in [7, 11) is 0. The molecule has 0 aromatic carbocycles. The van der Waals surface area contributed by atoms with Crippen LogP contribution in [0.2, 0.25) is 0 Å². The zero-order valence-electron chi connectivity index (χ0n) is 12.5. The number of imidazole rings is 1. The number of pyridine rings is 1. The Kier molecular flexibility index (Phi) is 4.64.